The lowest BCUT2D eigenvalue weighted by Gasteiger charge is -2.03. The molecule has 0 bridgehead atoms. The zero-order chi connectivity index (χ0) is 15.5. The summed E-state index contributed by atoms with van der Waals surface area (Å²) in [6.45, 7) is 0. The van der Waals surface area contributed by atoms with Crippen LogP contribution in [0.25, 0.3) is 0 Å². The Morgan fingerprint density at radius 3 is 2.64 bits per heavy atom. The molecule has 1 heterocycles. The minimum absolute atomic E-state index is 0.204. The average molecular weight is 333 g/mol. The van der Waals surface area contributed by atoms with Crippen molar-refractivity contribution in [1.82, 2.24) is 4.98 Å². The van der Waals surface area contributed by atoms with Crippen molar-refractivity contribution in [1.29, 1.82) is 0 Å². The molecule has 0 radical (unpaired) electrons. The fourth-order valence-corrected chi connectivity index (χ4v) is 2.90. The molecule has 3 rings (SSSR count). The van der Waals surface area contributed by atoms with E-state index in [1.807, 2.05) is 0 Å². The van der Waals surface area contributed by atoms with Crippen LogP contribution in [0.2, 0.25) is 5.02 Å². The first-order chi connectivity index (χ1) is 10.6. The number of para-hydroxylation sites is 1. The quantitative estimate of drug-likeness (QED) is 0.690. The summed E-state index contributed by atoms with van der Waals surface area (Å²) in [5.74, 6) is -0.582. The molecule has 1 aromatic heterocycles. The van der Waals surface area contributed by atoms with Crippen LogP contribution >= 0.6 is 22.9 Å². The van der Waals surface area contributed by atoms with Gasteiger partial charge in [0, 0.05) is 5.56 Å². The molecule has 22 heavy (non-hydrogen) atoms. The van der Waals surface area contributed by atoms with Gasteiger partial charge < -0.3 is 5.32 Å². The average Bonchev–Trinajstić information content (AvgIpc) is 2.98. The SMILES string of the molecule is O=C(c1cnc(Nc2ccccc2F)s1)c1ccccc1Cl. The van der Waals surface area contributed by atoms with Gasteiger partial charge in [-0.2, -0.15) is 0 Å². The lowest BCUT2D eigenvalue weighted by Crippen LogP contribution is -1.99. The van der Waals surface area contributed by atoms with Gasteiger partial charge in [-0.3, -0.25) is 4.79 Å². The highest BCUT2D eigenvalue weighted by Gasteiger charge is 2.16. The molecule has 2 aromatic carbocycles. The number of halogens is 2. The Bertz CT molecular complexity index is 834. The van der Waals surface area contributed by atoms with Gasteiger partial charge in [-0.1, -0.05) is 47.2 Å². The Kier molecular flexibility index (Phi) is 4.18. The molecule has 0 saturated heterocycles. The maximum Gasteiger partial charge on any atom is 0.206 e. The maximum atomic E-state index is 13.6. The molecule has 0 aliphatic rings. The summed E-state index contributed by atoms with van der Waals surface area (Å²) in [5.41, 5.74) is 0.735. The van der Waals surface area contributed by atoms with Crippen molar-refractivity contribution in [3.8, 4) is 0 Å². The van der Waals surface area contributed by atoms with E-state index in [0.717, 1.165) is 11.3 Å². The number of hydrogen-bond donors (Lipinski definition) is 1. The number of carbonyl (C=O) groups is 1. The van der Waals surface area contributed by atoms with E-state index >= 15 is 0 Å². The summed E-state index contributed by atoms with van der Waals surface area (Å²) in [4.78, 5) is 16.9. The zero-order valence-corrected chi connectivity index (χ0v) is 12.8. The number of thiazole rings is 1. The summed E-state index contributed by atoms with van der Waals surface area (Å²) < 4.78 is 13.6. The topological polar surface area (TPSA) is 42.0 Å². The van der Waals surface area contributed by atoms with Crippen LogP contribution in [0.4, 0.5) is 15.2 Å². The van der Waals surface area contributed by atoms with E-state index in [1.54, 1.807) is 42.5 Å². The third kappa shape index (κ3) is 3.00. The lowest BCUT2D eigenvalue weighted by atomic mass is 10.1. The largest absolute Gasteiger partial charge is 0.329 e. The standard InChI is InChI=1S/C16H10ClFN2OS/c17-11-6-2-1-5-10(11)15(21)14-9-19-16(22-14)20-13-8-4-3-7-12(13)18/h1-9H,(H,19,20). The second kappa shape index (κ2) is 6.25. The van der Waals surface area contributed by atoms with Gasteiger partial charge in [0.05, 0.1) is 21.8 Å². The number of benzene rings is 2. The summed E-state index contributed by atoms with van der Waals surface area (Å²) in [5, 5.41) is 3.70. The zero-order valence-electron chi connectivity index (χ0n) is 11.2. The Morgan fingerprint density at radius 1 is 1.14 bits per heavy atom. The second-order valence-electron chi connectivity index (χ2n) is 4.44. The lowest BCUT2D eigenvalue weighted by molar-refractivity contribution is 0.104. The van der Waals surface area contributed by atoms with E-state index in [1.165, 1.54) is 12.3 Å². The van der Waals surface area contributed by atoms with E-state index in [4.69, 9.17) is 11.6 Å². The van der Waals surface area contributed by atoms with Gasteiger partial charge in [-0.05, 0) is 24.3 Å². The number of aromatic nitrogens is 1. The fraction of sp³-hybridized carbons (Fsp3) is 0. The first-order valence-electron chi connectivity index (χ1n) is 6.42. The van der Waals surface area contributed by atoms with Crippen molar-refractivity contribution < 1.29 is 9.18 Å². The van der Waals surface area contributed by atoms with Crippen molar-refractivity contribution in [2.24, 2.45) is 0 Å². The van der Waals surface area contributed by atoms with Crippen molar-refractivity contribution in [3.63, 3.8) is 0 Å². The predicted octanol–water partition coefficient (Wildman–Crippen LogP) is 4.91. The van der Waals surface area contributed by atoms with Crippen molar-refractivity contribution in [2.45, 2.75) is 0 Å². The molecule has 6 heteroatoms. The van der Waals surface area contributed by atoms with Crippen LogP contribution in [0, 0.1) is 5.82 Å². The number of ketones is 1. The van der Waals surface area contributed by atoms with Gasteiger partial charge >= 0.3 is 0 Å². The number of nitrogens with one attached hydrogen (secondary N) is 1. The summed E-state index contributed by atoms with van der Waals surface area (Å²) >= 11 is 7.18. The third-order valence-corrected chi connectivity index (χ3v) is 4.20. The van der Waals surface area contributed by atoms with Gasteiger partial charge in [0.1, 0.15) is 5.82 Å². The summed E-state index contributed by atoms with van der Waals surface area (Å²) in [7, 11) is 0. The molecule has 3 aromatic rings. The number of carbonyl (C=O) groups excluding carboxylic acids is 1. The Labute approximate surface area is 135 Å². The number of hydrogen-bond acceptors (Lipinski definition) is 4. The van der Waals surface area contributed by atoms with E-state index in [0.29, 0.717) is 26.3 Å². The minimum Gasteiger partial charge on any atom is -0.329 e. The first-order valence-corrected chi connectivity index (χ1v) is 7.61. The molecule has 0 unspecified atom stereocenters. The Morgan fingerprint density at radius 2 is 1.86 bits per heavy atom. The first kappa shape index (κ1) is 14.7. The molecule has 0 aliphatic carbocycles. The van der Waals surface area contributed by atoms with E-state index in [9.17, 15) is 9.18 Å². The molecular weight excluding hydrogens is 323 g/mol. The van der Waals surface area contributed by atoms with Crippen molar-refractivity contribution >= 4 is 39.5 Å². The van der Waals surface area contributed by atoms with Gasteiger partial charge in [-0.25, -0.2) is 9.37 Å². The highest BCUT2D eigenvalue weighted by molar-refractivity contribution is 7.17. The normalized spacial score (nSPS) is 10.5. The molecule has 0 atom stereocenters. The van der Waals surface area contributed by atoms with Crippen LogP contribution in [0.3, 0.4) is 0 Å². The Balaban J connectivity index is 1.84. The predicted molar refractivity (Wildman–Crippen MR) is 86.7 cm³/mol. The van der Waals surface area contributed by atoms with Gasteiger partial charge in [0.15, 0.2) is 5.13 Å². The van der Waals surface area contributed by atoms with E-state index < -0.39 is 0 Å². The van der Waals surface area contributed by atoms with Crippen molar-refractivity contribution in [2.75, 3.05) is 5.32 Å². The third-order valence-electron chi connectivity index (χ3n) is 2.96. The van der Waals surface area contributed by atoms with Crippen LogP contribution in [-0.2, 0) is 0 Å². The number of nitrogens with zero attached hydrogens (tertiary/aromatic N) is 1. The van der Waals surface area contributed by atoms with Crippen LogP contribution in [0.5, 0.6) is 0 Å². The summed E-state index contributed by atoms with van der Waals surface area (Å²) in [6, 6.07) is 13.1. The van der Waals surface area contributed by atoms with Crippen LogP contribution in [0.1, 0.15) is 15.2 Å². The fourth-order valence-electron chi connectivity index (χ4n) is 1.89. The molecule has 0 saturated carbocycles. The second-order valence-corrected chi connectivity index (χ2v) is 5.88. The highest BCUT2D eigenvalue weighted by atomic mass is 35.5. The van der Waals surface area contributed by atoms with Crippen LogP contribution in [0.15, 0.2) is 54.7 Å². The van der Waals surface area contributed by atoms with Crippen LogP contribution in [-0.4, -0.2) is 10.8 Å². The smallest absolute Gasteiger partial charge is 0.206 e. The van der Waals surface area contributed by atoms with Crippen LogP contribution < -0.4 is 5.32 Å². The molecule has 110 valence electrons. The monoisotopic (exact) mass is 332 g/mol. The van der Waals surface area contributed by atoms with Crippen molar-refractivity contribution in [3.05, 3.63) is 76.0 Å². The van der Waals surface area contributed by atoms with Gasteiger partial charge in [0.2, 0.25) is 5.78 Å². The number of rotatable bonds is 4. The molecule has 3 nitrogen and oxygen atoms in total. The number of anilines is 2. The minimum atomic E-state index is -0.378. The molecule has 0 aliphatic heterocycles. The summed E-state index contributed by atoms with van der Waals surface area (Å²) in [6.07, 6.45) is 1.46. The maximum absolute atomic E-state index is 13.6. The molecular formula is C16H10ClFN2OS. The molecule has 0 spiro atoms. The molecule has 0 fully saturated rings. The molecule has 1 N–H and O–H groups in total. The Hall–Kier alpha value is -2.24. The van der Waals surface area contributed by atoms with Gasteiger partial charge in [0.25, 0.3) is 0 Å². The highest BCUT2D eigenvalue weighted by Crippen LogP contribution is 2.27. The van der Waals surface area contributed by atoms with E-state index in [2.05, 4.69) is 10.3 Å². The van der Waals surface area contributed by atoms with Gasteiger partial charge in [-0.15, -0.1) is 0 Å². The molecule has 0 amide bonds. The van der Waals surface area contributed by atoms with E-state index in [-0.39, 0.29) is 11.6 Å².